The van der Waals surface area contributed by atoms with Gasteiger partial charge in [0.05, 0.1) is 13.4 Å². The molecule has 0 radical (unpaired) electrons. The molecule has 13 heteroatoms. The van der Waals surface area contributed by atoms with Gasteiger partial charge in [0.15, 0.2) is 23.6 Å². The van der Waals surface area contributed by atoms with Gasteiger partial charge in [-0.05, 0) is 18.2 Å². The second kappa shape index (κ2) is 8.74. The number of carbonyl (C=O) groups excluding carboxylic acids is 1. The van der Waals surface area contributed by atoms with Gasteiger partial charge in [0.2, 0.25) is 18.0 Å². The third kappa shape index (κ3) is 3.75. The summed E-state index contributed by atoms with van der Waals surface area (Å²) < 4.78 is 20.5. The van der Waals surface area contributed by atoms with E-state index in [1.807, 2.05) is 6.07 Å². The maximum absolute atomic E-state index is 12.4. The van der Waals surface area contributed by atoms with Crippen LogP contribution in [0.15, 0.2) is 39.2 Å². The molecule has 0 aliphatic carbocycles. The van der Waals surface area contributed by atoms with Gasteiger partial charge in [-0.2, -0.15) is 10.3 Å². The molecule has 13 nitrogen and oxygen atoms in total. The first-order valence-corrected chi connectivity index (χ1v) is 10.1. The molecule has 176 valence electrons. The summed E-state index contributed by atoms with van der Waals surface area (Å²) in [5.41, 5.74) is -0.0200. The highest BCUT2D eigenvalue weighted by molar-refractivity contribution is 5.83. The van der Waals surface area contributed by atoms with E-state index in [-0.39, 0.29) is 30.5 Å². The number of amides is 1. The molecule has 0 bridgehead atoms. The van der Waals surface area contributed by atoms with Crippen LogP contribution < -0.4 is 20.7 Å². The fourth-order valence-electron chi connectivity index (χ4n) is 3.66. The highest BCUT2D eigenvalue weighted by Gasteiger charge is 2.33. The Morgan fingerprint density at radius 3 is 2.68 bits per heavy atom. The number of nitriles is 1. The van der Waals surface area contributed by atoms with Crippen molar-refractivity contribution in [1.29, 1.82) is 5.26 Å². The zero-order valence-corrected chi connectivity index (χ0v) is 18.9. The van der Waals surface area contributed by atoms with Crippen molar-refractivity contribution in [1.82, 2.24) is 23.7 Å². The largest absolute Gasteiger partial charge is 0.493 e. The van der Waals surface area contributed by atoms with Crippen LogP contribution in [0.5, 0.6) is 11.5 Å². The summed E-state index contributed by atoms with van der Waals surface area (Å²) >= 11 is 0. The van der Waals surface area contributed by atoms with Crippen LogP contribution in [0.1, 0.15) is 18.7 Å². The SMILES string of the molecule is COc1cc([C@H]2OC(Cn3cnc4c(=O)n(C)c(=O)n(C)c43)=NN2C(C)=O)ccc1OCC#N. The van der Waals surface area contributed by atoms with Crippen LogP contribution in [0.3, 0.4) is 0 Å². The van der Waals surface area contributed by atoms with Crippen LogP contribution in [0.4, 0.5) is 0 Å². The summed E-state index contributed by atoms with van der Waals surface area (Å²) in [6.45, 7) is 1.23. The maximum atomic E-state index is 12.4. The van der Waals surface area contributed by atoms with Crippen molar-refractivity contribution in [3.63, 3.8) is 0 Å². The van der Waals surface area contributed by atoms with E-state index in [9.17, 15) is 14.4 Å². The molecule has 1 aromatic carbocycles. The average molecular weight is 467 g/mol. The standard InChI is InChI=1S/C21H21N7O6/c1-12(29)28-20(13-5-6-14(33-8-7-22)15(9-13)32-4)34-16(24-28)10-27-11-23-17-18(27)25(2)21(31)26(3)19(17)30/h5-6,9,11,20H,8,10H2,1-4H3/t20-/m1/s1. The molecule has 0 fully saturated rings. The van der Waals surface area contributed by atoms with Gasteiger partial charge in [-0.1, -0.05) is 0 Å². The van der Waals surface area contributed by atoms with Crippen molar-refractivity contribution in [3.8, 4) is 17.6 Å². The minimum absolute atomic E-state index is 0.0255. The lowest BCUT2D eigenvalue weighted by molar-refractivity contribution is -0.135. The molecule has 2 aromatic heterocycles. The normalized spacial score (nSPS) is 15.1. The minimum Gasteiger partial charge on any atom is -0.493 e. The first-order chi connectivity index (χ1) is 16.3. The minimum atomic E-state index is -0.877. The third-order valence-electron chi connectivity index (χ3n) is 5.29. The van der Waals surface area contributed by atoms with Crippen molar-refractivity contribution in [3.05, 3.63) is 50.9 Å². The number of benzene rings is 1. The topological polar surface area (TPSA) is 146 Å². The van der Waals surface area contributed by atoms with Crippen molar-refractivity contribution < 1.29 is 19.0 Å². The number of rotatable bonds is 6. The summed E-state index contributed by atoms with van der Waals surface area (Å²) in [4.78, 5) is 41.2. The van der Waals surface area contributed by atoms with Gasteiger partial charge < -0.3 is 18.8 Å². The highest BCUT2D eigenvalue weighted by atomic mass is 16.5. The highest BCUT2D eigenvalue weighted by Crippen LogP contribution is 2.35. The average Bonchev–Trinajstić information content (AvgIpc) is 3.45. The van der Waals surface area contributed by atoms with Crippen molar-refractivity contribution in [2.45, 2.75) is 19.7 Å². The Kier molecular flexibility index (Phi) is 5.80. The first kappa shape index (κ1) is 22.6. The zero-order chi connectivity index (χ0) is 24.6. The van der Waals surface area contributed by atoms with Crippen LogP contribution in [0.2, 0.25) is 0 Å². The molecule has 0 saturated heterocycles. The first-order valence-electron chi connectivity index (χ1n) is 10.1. The Labute approximate surface area is 192 Å². The van der Waals surface area contributed by atoms with Crippen LogP contribution in [-0.2, 0) is 30.2 Å². The Morgan fingerprint density at radius 1 is 1.24 bits per heavy atom. The van der Waals surface area contributed by atoms with Crippen molar-refractivity contribution in [2.75, 3.05) is 13.7 Å². The number of aryl methyl sites for hydroxylation is 1. The summed E-state index contributed by atoms with van der Waals surface area (Å²) in [7, 11) is 4.37. The van der Waals surface area contributed by atoms with E-state index in [0.717, 1.165) is 4.57 Å². The summed E-state index contributed by atoms with van der Waals surface area (Å²) in [5.74, 6) is 0.547. The number of fused-ring (bicyclic) bond motifs is 1. The van der Waals surface area contributed by atoms with E-state index < -0.39 is 17.5 Å². The van der Waals surface area contributed by atoms with Crippen molar-refractivity contribution in [2.24, 2.45) is 19.2 Å². The smallest absolute Gasteiger partial charge is 0.332 e. The number of nitrogens with zero attached hydrogens (tertiary/aromatic N) is 7. The Balaban J connectivity index is 1.66. The lowest BCUT2D eigenvalue weighted by Gasteiger charge is -2.20. The molecule has 1 amide bonds. The summed E-state index contributed by atoms with van der Waals surface area (Å²) in [6, 6.07) is 6.81. The molecule has 34 heavy (non-hydrogen) atoms. The quantitative estimate of drug-likeness (QED) is 0.501. The number of aromatic nitrogens is 4. The monoisotopic (exact) mass is 467 g/mol. The molecule has 4 rings (SSSR count). The van der Waals surface area contributed by atoms with Gasteiger partial charge >= 0.3 is 5.69 Å². The van der Waals surface area contributed by atoms with E-state index in [2.05, 4.69) is 10.1 Å². The fourth-order valence-corrected chi connectivity index (χ4v) is 3.66. The van der Waals surface area contributed by atoms with Gasteiger partial charge in [-0.15, -0.1) is 5.10 Å². The second-order valence-electron chi connectivity index (χ2n) is 7.44. The lowest BCUT2D eigenvalue weighted by Crippen LogP contribution is -2.37. The molecule has 0 unspecified atom stereocenters. The Bertz CT molecular complexity index is 1480. The Morgan fingerprint density at radius 2 is 2.00 bits per heavy atom. The number of hydrogen-bond acceptors (Lipinski definition) is 9. The fraction of sp³-hybridized carbons (Fsp3) is 0.333. The zero-order valence-electron chi connectivity index (χ0n) is 18.9. The van der Waals surface area contributed by atoms with E-state index in [1.54, 1.807) is 22.8 Å². The van der Waals surface area contributed by atoms with Gasteiger partial charge in [0.1, 0.15) is 18.3 Å². The van der Waals surface area contributed by atoms with E-state index in [1.165, 1.54) is 44.0 Å². The lowest BCUT2D eigenvalue weighted by atomic mass is 10.1. The molecule has 3 aromatic rings. The number of hydrazone groups is 1. The van der Waals surface area contributed by atoms with Crippen LogP contribution in [0.25, 0.3) is 11.2 Å². The predicted molar refractivity (Wildman–Crippen MR) is 118 cm³/mol. The number of ether oxygens (including phenoxy) is 3. The molecule has 1 atom stereocenters. The maximum Gasteiger partial charge on any atom is 0.332 e. The van der Waals surface area contributed by atoms with Gasteiger partial charge in [-0.3, -0.25) is 18.7 Å². The Hall–Kier alpha value is -4.60. The van der Waals surface area contributed by atoms with E-state index in [4.69, 9.17) is 19.5 Å². The van der Waals surface area contributed by atoms with Gasteiger partial charge in [0.25, 0.3) is 5.56 Å². The van der Waals surface area contributed by atoms with Crippen LogP contribution in [0, 0.1) is 11.3 Å². The van der Waals surface area contributed by atoms with E-state index >= 15 is 0 Å². The van der Waals surface area contributed by atoms with Crippen LogP contribution in [-0.4, -0.2) is 49.2 Å². The summed E-state index contributed by atoms with van der Waals surface area (Å²) in [6.07, 6.45) is 0.533. The molecule has 0 spiro atoms. The molecular formula is C21H21N7O6. The van der Waals surface area contributed by atoms with Gasteiger partial charge in [-0.25, -0.2) is 9.78 Å². The van der Waals surface area contributed by atoms with Crippen LogP contribution >= 0.6 is 0 Å². The summed E-state index contributed by atoms with van der Waals surface area (Å²) in [5, 5.41) is 14.2. The molecule has 0 saturated carbocycles. The number of methoxy groups -OCH3 is 1. The van der Waals surface area contributed by atoms with Gasteiger partial charge in [0, 0.05) is 26.6 Å². The predicted octanol–water partition coefficient (Wildman–Crippen LogP) is 0.236. The molecular weight excluding hydrogens is 446 g/mol. The number of hydrogen-bond donors (Lipinski definition) is 0. The molecule has 1 aliphatic heterocycles. The molecule has 0 N–H and O–H groups in total. The number of carbonyl (C=O) groups is 1. The number of imidazole rings is 1. The third-order valence-corrected chi connectivity index (χ3v) is 5.29. The molecule has 3 heterocycles. The second-order valence-corrected chi connectivity index (χ2v) is 7.44. The molecule has 1 aliphatic rings. The van der Waals surface area contributed by atoms with Crippen molar-refractivity contribution >= 4 is 23.0 Å². The van der Waals surface area contributed by atoms with E-state index in [0.29, 0.717) is 22.7 Å².